The van der Waals surface area contributed by atoms with Gasteiger partial charge in [0.2, 0.25) is 0 Å². The number of anilines is 1. The summed E-state index contributed by atoms with van der Waals surface area (Å²) in [4.78, 5) is 13.3. The van der Waals surface area contributed by atoms with Crippen LogP contribution in [-0.4, -0.2) is 30.8 Å². The Morgan fingerprint density at radius 2 is 1.72 bits per heavy atom. The minimum Gasteiger partial charge on any atom is -0.508 e. The summed E-state index contributed by atoms with van der Waals surface area (Å²) in [6, 6.07) is 19.1. The van der Waals surface area contributed by atoms with Gasteiger partial charge < -0.3 is 24.3 Å². The maximum absolute atomic E-state index is 12.8. The van der Waals surface area contributed by atoms with Crippen molar-refractivity contribution in [1.29, 1.82) is 0 Å². The summed E-state index contributed by atoms with van der Waals surface area (Å²) in [5.74, 6) is -0.354. The highest BCUT2D eigenvalue weighted by atomic mass is 19.4. The second-order valence-electron chi connectivity index (χ2n) is 9.26. The second kappa shape index (κ2) is 9.85. The topological polar surface area (TPSA) is 59.0 Å². The number of aromatic hydroxyl groups is 1. The molecular formula is C28H26F3NO4. The molecule has 0 bridgehead atoms. The van der Waals surface area contributed by atoms with Crippen LogP contribution in [0.15, 0.2) is 66.7 Å². The molecule has 5 rings (SSSR count). The van der Waals surface area contributed by atoms with Gasteiger partial charge in [-0.15, -0.1) is 13.2 Å². The Morgan fingerprint density at radius 1 is 0.972 bits per heavy atom. The van der Waals surface area contributed by atoms with E-state index < -0.39 is 12.5 Å². The molecule has 0 spiro atoms. The molecule has 1 fully saturated rings. The van der Waals surface area contributed by atoms with Crippen molar-refractivity contribution in [2.75, 3.05) is 18.0 Å². The van der Waals surface area contributed by atoms with E-state index in [-0.39, 0.29) is 29.9 Å². The van der Waals surface area contributed by atoms with Crippen LogP contribution in [0.25, 0.3) is 0 Å². The van der Waals surface area contributed by atoms with Gasteiger partial charge in [0, 0.05) is 30.6 Å². The van der Waals surface area contributed by atoms with Gasteiger partial charge in [0.1, 0.15) is 17.8 Å². The molecule has 2 heterocycles. The number of nitrogens with zero attached hydrogens (tertiary/aromatic N) is 1. The first-order valence-corrected chi connectivity index (χ1v) is 11.9. The fourth-order valence-electron chi connectivity index (χ4n) is 5.18. The molecule has 0 radical (unpaired) electrons. The molecule has 0 aromatic heterocycles. The third-order valence-corrected chi connectivity index (χ3v) is 6.95. The van der Waals surface area contributed by atoms with E-state index in [4.69, 9.17) is 4.74 Å². The van der Waals surface area contributed by atoms with E-state index >= 15 is 0 Å². The van der Waals surface area contributed by atoms with Gasteiger partial charge in [-0.2, -0.15) is 0 Å². The maximum Gasteiger partial charge on any atom is 0.573 e. The minimum absolute atomic E-state index is 0.116. The first kappa shape index (κ1) is 24.2. The molecule has 0 amide bonds. The molecule has 1 N–H and O–H groups in total. The maximum atomic E-state index is 12.8. The van der Waals surface area contributed by atoms with Crippen LogP contribution in [0.2, 0.25) is 0 Å². The Bertz CT molecular complexity index is 1220. The number of alkyl halides is 3. The van der Waals surface area contributed by atoms with E-state index in [0.29, 0.717) is 5.56 Å². The number of fused-ring (bicyclic) bond motifs is 1. The number of carbonyl (C=O) groups excluding carboxylic acids is 1. The number of rotatable bonds is 5. The van der Waals surface area contributed by atoms with Crippen molar-refractivity contribution in [3.05, 3.63) is 89.0 Å². The zero-order valence-corrected chi connectivity index (χ0v) is 19.4. The van der Waals surface area contributed by atoms with Crippen LogP contribution in [0.5, 0.6) is 11.5 Å². The van der Waals surface area contributed by atoms with E-state index in [0.717, 1.165) is 54.6 Å². The molecule has 3 aromatic rings. The van der Waals surface area contributed by atoms with Gasteiger partial charge in [0.05, 0.1) is 12.7 Å². The molecule has 5 nitrogen and oxygen atoms in total. The average molecular weight is 498 g/mol. The molecular weight excluding hydrogens is 471 g/mol. The van der Waals surface area contributed by atoms with Crippen molar-refractivity contribution in [2.45, 2.75) is 37.8 Å². The number of piperidine rings is 1. The number of halogens is 3. The summed E-state index contributed by atoms with van der Waals surface area (Å²) >= 11 is 0. The smallest absolute Gasteiger partial charge is 0.508 e. The lowest BCUT2D eigenvalue weighted by atomic mass is 9.79. The van der Waals surface area contributed by atoms with Crippen molar-refractivity contribution in [1.82, 2.24) is 0 Å². The number of benzene rings is 3. The number of aldehydes is 1. The molecule has 0 unspecified atom stereocenters. The fraction of sp³-hybridized carbons (Fsp3) is 0.321. The predicted molar refractivity (Wildman–Crippen MR) is 128 cm³/mol. The molecule has 8 heteroatoms. The Hall–Kier alpha value is -3.52. The Labute approximate surface area is 207 Å². The highest BCUT2D eigenvalue weighted by Gasteiger charge is 2.35. The molecule has 2 aliphatic heterocycles. The summed E-state index contributed by atoms with van der Waals surface area (Å²) in [6.45, 7) is 1.84. The zero-order chi connectivity index (χ0) is 25.3. The minimum atomic E-state index is -4.79. The van der Waals surface area contributed by atoms with Gasteiger partial charge in [0.25, 0.3) is 0 Å². The van der Waals surface area contributed by atoms with Gasteiger partial charge in [-0.25, -0.2) is 0 Å². The third-order valence-electron chi connectivity index (χ3n) is 6.95. The van der Waals surface area contributed by atoms with Gasteiger partial charge in [-0.3, -0.25) is 0 Å². The predicted octanol–water partition coefficient (Wildman–Crippen LogP) is 6.11. The number of phenols is 1. The fourth-order valence-corrected chi connectivity index (χ4v) is 5.18. The summed E-state index contributed by atoms with van der Waals surface area (Å²) in [5, 5.41) is 9.98. The van der Waals surface area contributed by atoms with Crippen LogP contribution < -0.4 is 9.64 Å². The van der Waals surface area contributed by atoms with Crippen LogP contribution >= 0.6 is 0 Å². The van der Waals surface area contributed by atoms with Crippen molar-refractivity contribution in [3.63, 3.8) is 0 Å². The van der Waals surface area contributed by atoms with E-state index in [1.807, 2.05) is 30.3 Å². The quantitative estimate of drug-likeness (QED) is 0.431. The summed E-state index contributed by atoms with van der Waals surface area (Å²) in [6.07, 6.45) is -2.64. The summed E-state index contributed by atoms with van der Waals surface area (Å²) < 4.78 is 48.8. The Kier molecular flexibility index (Phi) is 6.62. The molecule has 3 aromatic carbocycles. The Balaban J connectivity index is 1.48. The number of ether oxygens (including phenoxy) is 2. The lowest BCUT2D eigenvalue weighted by molar-refractivity contribution is -0.274. The van der Waals surface area contributed by atoms with Crippen LogP contribution in [0.3, 0.4) is 0 Å². The largest absolute Gasteiger partial charge is 0.573 e. The van der Waals surface area contributed by atoms with Crippen molar-refractivity contribution < 1.29 is 32.5 Å². The standard InChI is InChI=1S/C28H26F3NO4/c29-28(30,31)36-24-3-1-2-20(15-24)27-26(25-9-8-23(34)14-21(25)17-35-27)19-4-6-22(7-5-19)32-12-10-18(16-33)11-13-32/h1-9,14-16,18,26-27,34H,10-13,17H2/t26-,27-/m0/s1. The normalized spacial score (nSPS) is 20.6. The summed E-state index contributed by atoms with van der Waals surface area (Å²) in [7, 11) is 0. The zero-order valence-electron chi connectivity index (χ0n) is 19.4. The third kappa shape index (κ3) is 5.18. The van der Waals surface area contributed by atoms with Crippen LogP contribution in [-0.2, 0) is 16.1 Å². The van der Waals surface area contributed by atoms with E-state index in [1.54, 1.807) is 18.2 Å². The number of phenolic OH excluding ortho intramolecular Hbond substituents is 1. The molecule has 188 valence electrons. The highest BCUT2D eigenvalue weighted by molar-refractivity contribution is 5.56. The lowest BCUT2D eigenvalue weighted by Crippen LogP contribution is -2.34. The van der Waals surface area contributed by atoms with Crippen molar-refractivity contribution in [3.8, 4) is 11.5 Å². The van der Waals surface area contributed by atoms with Gasteiger partial charge >= 0.3 is 6.36 Å². The van der Waals surface area contributed by atoms with Crippen molar-refractivity contribution in [2.24, 2.45) is 5.92 Å². The molecule has 36 heavy (non-hydrogen) atoms. The first-order valence-electron chi connectivity index (χ1n) is 11.9. The van der Waals surface area contributed by atoms with Crippen LogP contribution in [0.1, 0.15) is 47.1 Å². The number of carbonyl (C=O) groups is 1. The monoisotopic (exact) mass is 497 g/mol. The first-order chi connectivity index (χ1) is 17.3. The highest BCUT2D eigenvalue weighted by Crippen LogP contribution is 2.46. The van der Waals surface area contributed by atoms with E-state index in [2.05, 4.69) is 9.64 Å². The van der Waals surface area contributed by atoms with Crippen LogP contribution in [0, 0.1) is 5.92 Å². The Morgan fingerprint density at radius 3 is 2.42 bits per heavy atom. The SMILES string of the molecule is O=CC1CCN(c2ccc([C@H]3c4ccc(O)cc4CO[C@H]3c3cccc(OC(F)(F)F)c3)cc2)CC1. The average Bonchev–Trinajstić information content (AvgIpc) is 2.87. The molecule has 2 aliphatic rings. The van der Waals surface area contributed by atoms with E-state index in [1.165, 1.54) is 18.2 Å². The number of hydrogen-bond donors (Lipinski definition) is 1. The second-order valence-corrected chi connectivity index (χ2v) is 9.26. The molecule has 1 saturated heterocycles. The lowest BCUT2D eigenvalue weighted by Gasteiger charge is -2.35. The number of hydrogen-bond acceptors (Lipinski definition) is 5. The molecule has 2 atom stereocenters. The van der Waals surface area contributed by atoms with Gasteiger partial charge in [0.15, 0.2) is 0 Å². The molecule has 0 aliphatic carbocycles. The van der Waals surface area contributed by atoms with Crippen molar-refractivity contribution >= 4 is 12.0 Å². The molecule has 0 saturated carbocycles. The summed E-state index contributed by atoms with van der Waals surface area (Å²) in [5.41, 5.74) is 4.35. The van der Waals surface area contributed by atoms with E-state index in [9.17, 15) is 23.1 Å². The van der Waals surface area contributed by atoms with Crippen LogP contribution in [0.4, 0.5) is 18.9 Å². The van der Waals surface area contributed by atoms with Gasteiger partial charge in [-0.05, 0) is 71.5 Å². The van der Waals surface area contributed by atoms with Gasteiger partial charge in [-0.1, -0.05) is 30.3 Å².